The Bertz CT molecular complexity index is 1100. The third-order valence-corrected chi connectivity index (χ3v) is 7.59. The van der Waals surface area contributed by atoms with Crippen molar-refractivity contribution in [2.45, 2.75) is 63.8 Å². The van der Waals surface area contributed by atoms with Crippen molar-refractivity contribution in [1.82, 2.24) is 20.4 Å². The molecule has 3 unspecified atom stereocenters. The Kier molecular flexibility index (Phi) is 8.05. The number of hydrogen-bond acceptors (Lipinski definition) is 7. The number of piperidine rings is 2. The summed E-state index contributed by atoms with van der Waals surface area (Å²) in [5.74, 6) is 0.417. The van der Waals surface area contributed by atoms with Crippen molar-refractivity contribution in [1.29, 1.82) is 0 Å². The van der Waals surface area contributed by atoms with Crippen LogP contribution in [0.3, 0.4) is 0 Å². The summed E-state index contributed by atoms with van der Waals surface area (Å²) in [7, 11) is 0. The molecule has 2 amide bonds. The molecule has 0 radical (unpaired) electrons. The Morgan fingerprint density at radius 3 is 2.59 bits per heavy atom. The number of fused-ring (bicyclic) bond motifs is 1. The number of carbonyl (C=O) groups is 2. The van der Waals surface area contributed by atoms with E-state index in [9.17, 15) is 19.8 Å². The SMILES string of the molecule is O=C(NCCN1CCCCC1)c1ccc(COc2cccc3c2CN(C2CCC(O)NC2O)C3=O)cc1. The zero-order chi connectivity index (χ0) is 25.8. The first-order valence-corrected chi connectivity index (χ1v) is 13.3. The van der Waals surface area contributed by atoms with Crippen LogP contribution in [0.5, 0.6) is 5.75 Å². The van der Waals surface area contributed by atoms with E-state index in [2.05, 4.69) is 15.5 Å². The molecular weight excluding hydrogens is 472 g/mol. The molecule has 5 rings (SSSR count). The first-order valence-electron chi connectivity index (χ1n) is 13.3. The molecule has 3 aliphatic heterocycles. The summed E-state index contributed by atoms with van der Waals surface area (Å²) in [6, 6.07) is 12.4. The molecule has 0 bridgehead atoms. The normalized spacial score (nSPS) is 24.1. The second-order valence-corrected chi connectivity index (χ2v) is 10.1. The van der Waals surface area contributed by atoms with Gasteiger partial charge < -0.3 is 30.1 Å². The van der Waals surface area contributed by atoms with E-state index in [1.54, 1.807) is 17.0 Å². The van der Waals surface area contributed by atoms with Crippen molar-refractivity contribution in [2.75, 3.05) is 26.2 Å². The molecule has 3 aliphatic rings. The van der Waals surface area contributed by atoms with E-state index in [-0.39, 0.29) is 11.8 Å². The van der Waals surface area contributed by atoms with E-state index in [4.69, 9.17) is 4.74 Å². The lowest BCUT2D eigenvalue weighted by molar-refractivity contribution is -0.0478. The van der Waals surface area contributed by atoms with Gasteiger partial charge in [0.2, 0.25) is 0 Å². The molecule has 2 fully saturated rings. The lowest BCUT2D eigenvalue weighted by Gasteiger charge is -2.37. The minimum Gasteiger partial charge on any atom is -0.489 e. The summed E-state index contributed by atoms with van der Waals surface area (Å²) in [6.07, 6.45) is 3.03. The number of nitrogens with zero attached hydrogens (tertiary/aromatic N) is 2. The molecule has 2 aromatic carbocycles. The Hall–Kier alpha value is -2.98. The van der Waals surface area contributed by atoms with Crippen LogP contribution in [0.15, 0.2) is 42.5 Å². The van der Waals surface area contributed by atoms with Gasteiger partial charge >= 0.3 is 0 Å². The molecule has 0 aliphatic carbocycles. The first kappa shape index (κ1) is 25.7. The third kappa shape index (κ3) is 5.96. The van der Waals surface area contributed by atoms with Gasteiger partial charge in [-0.15, -0.1) is 0 Å². The van der Waals surface area contributed by atoms with Crippen molar-refractivity contribution in [3.05, 3.63) is 64.7 Å². The highest BCUT2D eigenvalue weighted by Crippen LogP contribution is 2.34. The van der Waals surface area contributed by atoms with Gasteiger partial charge in [-0.1, -0.05) is 24.6 Å². The summed E-state index contributed by atoms with van der Waals surface area (Å²) >= 11 is 0. The number of likely N-dealkylation sites (tertiary alicyclic amines) is 1. The van der Waals surface area contributed by atoms with Gasteiger partial charge in [-0.05, 0) is 68.6 Å². The van der Waals surface area contributed by atoms with Crippen molar-refractivity contribution < 1.29 is 24.5 Å². The fourth-order valence-corrected chi connectivity index (χ4v) is 5.46. The summed E-state index contributed by atoms with van der Waals surface area (Å²) in [5.41, 5.74) is 2.92. The molecule has 3 atom stereocenters. The number of aliphatic hydroxyl groups excluding tert-OH is 2. The maximum absolute atomic E-state index is 13.0. The number of benzene rings is 2. The average Bonchev–Trinajstić information content (AvgIpc) is 3.25. The number of ether oxygens (including phenoxy) is 1. The zero-order valence-electron chi connectivity index (χ0n) is 21.1. The third-order valence-electron chi connectivity index (χ3n) is 7.59. The highest BCUT2D eigenvalue weighted by molar-refractivity contribution is 5.99. The van der Waals surface area contributed by atoms with E-state index in [1.165, 1.54) is 19.3 Å². The van der Waals surface area contributed by atoms with Gasteiger partial charge in [-0.25, -0.2) is 0 Å². The highest BCUT2D eigenvalue weighted by Gasteiger charge is 2.40. The second kappa shape index (κ2) is 11.6. The molecule has 0 aromatic heterocycles. The van der Waals surface area contributed by atoms with Gasteiger partial charge in [-0.3, -0.25) is 14.9 Å². The standard InChI is InChI=1S/C28H36N4O5/c33-25-12-11-23(27(35)30-25)32-17-22-21(28(32)36)5-4-6-24(22)37-18-19-7-9-20(10-8-19)26(34)29-13-16-31-14-2-1-3-15-31/h4-10,23,25,27,30,33,35H,1-3,11-18H2,(H,29,34). The van der Waals surface area contributed by atoms with Gasteiger partial charge in [0.25, 0.3) is 11.8 Å². The second-order valence-electron chi connectivity index (χ2n) is 10.1. The number of rotatable bonds is 8. The van der Waals surface area contributed by atoms with Gasteiger partial charge in [0.05, 0.1) is 12.6 Å². The Balaban J connectivity index is 1.15. The van der Waals surface area contributed by atoms with Crippen LogP contribution in [0.4, 0.5) is 0 Å². The molecule has 3 heterocycles. The number of aliphatic hydroxyl groups is 2. The molecule has 2 aromatic rings. The van der Waals surface area contributed by atoms with Crippen molar-refractivity contribution in [3.63, 3.8) is 0 Å². The largest absolute Gasteiger partial charge is 0.489 e. The Morgan fingerprint density at radius 2 is 1.84 bits per heavy atom. The van der Waals surface area contributed by atoms with E-state index in [1.807, 2.05) is 30.3 Å². The monoisotopic (exact) mass is 508 g/mol. The maximum Gasteiger partial charge on any atom is 0.255 e. The molecule has 9 heteroatoms. The molecule has 37 heavy (non-hydrogen) atoms. The zero-order valence-corrected chi connectivity index (χ0v) is 21.1. The molecule has 9 nitrogen and oxygen atoms in total. The Morgan fingerprint density at radius 1 is 1.05 bits per heavy atom. The summed E-state index contributed by atoms with van der Waals surface area (Å²) < 4.78 is 6.09. The molecule has 0 saturated carbocycles. The van der Waals surface area contributed by atoms with Gasteiger partial charge in [-0.2, -0.15) is 0 Å². The van der Waals surface area contributed by atoms with Crippen LogP contribution < -0.4 is 15.4 Å². The number of hydrogen-bond donors (Lipinski definition) is 4. The lowest BCUT2D eigenvalue weighted by Crippen LogP contribution is -2.56. The van der Waals surface area contributed by atoms with E-state index in [0.717, 1.165) is 30.8 Å². The van der Waals surface area contributed by atoms with Crippen LogP contribution in [0.25, 0.3) is 0 Å². The van der Waals surface area contributed by atoms with Crippen molar-refractivity contribution in [3.8, 4) is 5.75 Å². The van der Waals surface area contributed by atoms with Crippen LogP contribution >= 0.6 is 0 Å². The topological polar surface area (TPSA) is 114 Å². The molecular formula is C28H36N4O5. The highest BCUT2D eigenvalue weighted by atomic mass is 16.5. The Labute approximate surface area is 217 Å². The lowest BCUT2D eigenvalue weighted by atomic mass is 10.0. The minimum atomic E-state index is -0.980. The van der Waals surface area contributed by atoms with Gasteiger partial charge in [0.15, 0.2) is 0 Å². The summed E-state index contributed by atoms with van der Waals surface area (Å²) in [5, 5.41) is 25.8. The predicted molar refractivity (Wildman–Crippen MR) is 138 cm³/mol. The smallest absolute Gasteiger partial charge is 0.255 e. The van der Waals surface area contributed by atoms with Crippen LogP contribution in [0.1, 0.15) is 63.9 Å². The fraction of sp³-hybridized carbons (Fsp3) is 0.500. The quantitative estimate of drug-likeness (QED) is 0.430. The minimum absolute atomic E-state index is 0.0733. The van der Waals surface area contributed by atoms with Crippen LogP contribution in [-0.4, -0.2) is 76.5 Å². The summed E-state index contributed by atoms with van der Waals surface area (Å²) in [4.78, 5) is 29.6. The van der Waals surface area contributed by atoms with E-state index < -0.39 is 18.5 Å². The number of carbonyl (C=O) groups excluding carboxylic acids is 2. The van der Waals surface area contributed by atoms with E-state index >= 15 is 0 Å². The van der Waals surface area contributed by atoms with Gasteiger partial charge in [0.1, 0.15) is 24.8 Å². The van der Waals surface area contributed by atoms with Crippen LogP contribution in [0, 0.1) is 0 Å². The number of nitrogens with one attached hydrogen (secondary N) is 2. The van der Waals surface area contributed by atoms with Crippen LogP contribution in [0.2, 0.25) is 0 Å². The number of amides is 2. The molecule has 4 N–H and O–H groups in total. The van der Waals surface area contributed by atoms with Crippen molar-refractivity contribution >= 4 is 11.8 Å². The van der Waals surface area contributed by atoms with Crippen molar-refractivity contribution in [2.24, 2.45) is 0 Å². The fourth-order valence-electron chi connectivity index (χ4n) is 5.46. The maximum atomic E-state index is 13.0. The van der Waals surface area contributed by atoms with E-state index in [0.29, 0.717) is 49.4 Å². The predicted octanol–water partition coefficient (Wildman–Crippen LogP) is 1.83. The summed E-state index contributed by atoms with van der Waals surface area (Å²) in [6.45, 7) is 4.42. The molecule has 2 saturated heterocycles. The van der Waals surface area contributed by atoms with Gasteiger partial charge in [0, 0.05) is 29.8 Å². The first-order chi connectivity index (χ1) is 18.0. The average molecular weight is 509 g/mol. The molecule has 198 valence electrons. The molecule has 0 spiro atoms. The van der Waals surface area contributed by atoms with Crippen LogP contribution in [-0.2, 0) is 13.2 Å².